The molecule has 0 heterocycles. The van der Waals surface area contributed by atoms with Gasteiger partial charge in [-0.3, -0.25) is 0 Å². The standard InChI is InChI=1S/C35H46N2O/c1-26(2)32-19-13-20-33(27(3)4)34(32)36-35(38)37(25-12-11-16-28-14-7-5-8-15-28)31-23-21-30(22-24-31)29-17-9-6-10-18-29/h5-10,13-15,17-20,26-27,30-31H,11-12,16,21-25H2,1-4H3,(H,36,38)/t30-,31-. The molecule has 3 nitrogen and oxygen atoms in total. The van der Waals surface area contributed by atoms with Gasteiger partial charge in [0.1, 0.15) is 0 Å². The van der Waals surface area contributed by atoms with E-state index < -0.39 is 0 Å². The maximum Gasteiger partial charge on any atom is 0.322 e. The van der Waals surface area contributed by atoms with Crippen molar-refractivity contribution in [3.63, 3.8) is 0 Å². The minimum Gasteiger partial charge on any atom is -0.322 e. The maximum atomic E-state index is 14.0. The minimum absolute atomic E-state index is 0.0721. The SMILES string of the molecule is CC(C)c1cccc(C(C)C)c1NC(=O)N(CCCCc1ccccc1)[C@H]1CC[C@H](c2ccccc2)CC1. The monoisotopic (exact) mass is 510 g/mol. The summed E-state index contributed by atoms with van der Waals surface area (Å²) in [6, 6.07) is 28.4. The van der Waals surface area contributed by atoms with Crippen molar-refractivity contribution in [2.45, 2.75) is 96.4 Å². The molecule has 0 aromatic heterocycles. The lowest BCUT2D eigenvalue weighted by Gasteiger charge is -2.37. The van der Waals surface area contributed by atoms with Gasteiger partial charge in [-0.2, -0.15) is 0 Å². The molecule has 1 aliphatic rings. The number of rotatable bonds is 10. The number of nitrogens with zero attached hydrogens (tertiary/aromatic N) is 1. The third-order valence-corrected chi connectivity index (χ3v) is 8.23. The maximum absolute atomic E-state index is 14.0. The van der Waals surface area contributed by atoms with Crippen LogP contribution in [0.5, 0.6) is 0 Å². The van der Waals surface area contributed by atoms with Crippen LogP contribution in [0.15, 0.2) is 78.9 Å². The number of urea groups is 1. The number of nitrogens with one attached hydrogen (secondary N) is 1. The predicted molar refractivity (Wildman–Crippen MR) is 161 cm³/mol. The molecule has 0 unspecified atom stereocenters. The number of unbranched alkanes of at least 4 members (excludes halogenated alkanes) is 1. The van der Waals surface area contributed by atoms with Crippen LogP contribution in [-0.4, -0.2) is 23.5 Å². The number of hydrogen-bond acceptors (Lipinski definition) is 1. The van der Waals surface area contributed by atoms with Crippen molar-refractivity contribution in [3.05, 3.63) is 101 Å². The Morgan fingerprint density at radius 2 is 1.34 bits per heavy atom. The minimum atomic E-state index is 0.0721. The van der Waals surface area contributed by atoms with Crippen LogP contribution < -0.4 is 5.32 Å². The van der Waals surface area contributed by atoms with E-state index in [1.54, 1.807) is 0 Å². The number of aryl methyl sites for hydroxylation is 1. The molecule has 0 aliphatic heterocycles. The van der Waals surface area contributed by atoms with Gasteiger partial charge in [0.05, 0.1) is 0 Å². The first-order valence-electron chi connectivity index (χ1n) is 14.7. The van der Waals surface area contributed by atoms with E-state index in [1.165, 1.54) is 22.3 Å². The Labute approximate surface area is 230 Å². The Kier molecular flexibility index (Phi) is 10.0. The zero-order valence-corrected chi connectivity index (χ0v) is 23.8. The first kappa shape index (κ1) is 28.0. The average Bonchev–Trinajstić information content (AvgIpc) is 2.94. The zero-order valence-electron chi connectivity index (χ0n) is 23.8. The predicted octanol–water partition coefficient (Wildman–Crippen LogP) is 9.52. The van der Waals surface area contributed by atoms with Gasteiger partial charge in [-0.25, -0.2) is 4.79 Å². The summed E-state index contributed by atoms with van der Waals surface area (Å²) in [4.78, 5) is 16.2. The third-order valence-electron chi connectivity index (χ3n) is 8.23. The molecule has 1 N–H and O–H groups in total. The first-order valence-corrected chi connectivity index (χ1v) is 14.7. The van der Waals surface area contributed by atoms with Gasteiger partial charge in [0.25, 0.3) is 0 Å². The van der Waals surface area contributed by atoms with Crippen molar-refractivity contribution in [1.29, 1.82) is 0 Å². The average molecular weight is 511 g/mol. The van der Waals surface area contributed by atoms with Crippen molar-refractivity contribution in [2.75, 3.05) is 11.9 Å². The molecule has 3 aromatic carbocycles. The van der Waals surface area contributed by atoms with Crippen LogP contribution in [0.1, 0.15) is 106 Å². The second kappa shape index (κ2) is 13.6. The lowest BCUT2D eigenvalue weighted by atomic mass is 9.81. The number of benzene rings is 3. The fraction of sp³-hybridized carbons (Fsp3) is 0.457. The highest BCUT2D eigenvalue weighted by Crippen LogP contribution is 2.36. The van der Waals surface area contributed by atoms with Gasteiger partial charge in [-0.1, -0.05) is 107 Å². The molecule has 4 rings (SSSR count). The van der Waals surface area contributed by atoms with Crippen LogP contribution in [0.2, 0.25) is 0 Å². The molecule has 0 spiro atoms. The van der Waals surface area contributed by atoms with E-state index in [1.807, 2.05) is 0 Å². The fourth-order valence-corrected chi connectivity index (χ4v) is 6.03. The van der Waals surface area contributed by atoms with Crippen molar-refractivity contribution >= 4 is 11.7 Å². The van der Waals surface area contributed by atoms with Crippen molar-refractivity contribution in [1.82, 2.24) is 4.90 Å². The summed E-state index contributed by atoms with van der Waals surface area (Å²) < 4.78 is 0. The molecule has 1 fully saturated rings. The molecule has 3 heteroatoms. The summed E-state index contributed by atoms with van der Waals surface area (Å²) in [6.07, 6.45) is 7.58. The molecule has 0 saturated heterocycles. The molecular weight excluding hydrogens is 464 g/mol. The normalized spacial score (nSPS) is 17.5. The van der Waals surface area contributed by atoms with Crippen molar-refractivity contribution in [2.24, 2.45) is 0 Å². The van der Waals surface area contributed by atoms with E-state index in [-0.39, 0.29) is 6.03 Å². The molecule has 0 bridgehead atoms. The van der Waals surface area contributed by atoms with Crippen LogP contribution >= 0.6 is 0 Å². The fourth-order valence-electron chi connectivity index (χ4n) is 6.03. The van der Waals surface area contributed by atoms with Crippen LogP contribution in [0.3, 0.4) is 0 Å². The van der Waals surface area contributed by atoms with E-state index in [2.05, 4.69) is 117 Å². The lowest BCUT2D eigenvalue weighted by Crippen LogP contribution is -2.45. The second-order valence-corrected chi connectivity index (χ2v) is 11.6. The Hall–Kier alpha value is -3.07. The first-order chi connectivity index (χ1) is 18.4. The van der Waals surface area contributed by atoms with E-state index in [4.69, 9.17) is 0 Å². The smallest absolute Gasteiger partial charge is 0.322 e. The second-order valence-electron chi connectivity index (χ2n) is 11.6. The summed E-state index contributed by atoms with van der Waals surface area (Å²) in [6.45, 7) is 9.64. The highest BCUT2D eigenvalue weighted by atomic mass is 16.2. The summed E-state index contributed by atoms with van der Waals surface area (Å²) in [5, 5.41) is 3.43. The van der Waals surface area contributed by atoms with Crippen molar-refractivity contribution in [3.8, 4) is 0 Å². The van der Waals surface area contributed by atoms with Gasteiger partial charge in [0.15, 0.2) is 0 Å². The van der Waals surface area contributed by atoms with Crippen LogP contribution in [-0.2, 0) is 6.42 Å². The Balaban J connectivity index is 1.48. The van der Waals surface area contributed by atoms with Crippen LogP contribution in [0.25, 0.3) is 0 Å². The van der Waals surface area contributed by atoms with Gasteiger partial charge in [0.2, 0.25) is 0 Å². The largest absolute Gasteiger partial charge is 0.322 e. The summed E-state index contributed by atoms with van der Waals surface area (Å²) >= 11 is 0. The topological polar surface area (TPSA) is 32.3 Å². The zero-order chi connectivity index (χ0) is 26.9. The molecular formula is C35H46N2O. The number of anilines is 1. The number of para-hydroxylation sites is 1. The van der Waals surface area contributed by atoms with E-state index in [9.17, 15) is 4.79 Å². The molecule has 202 valence electrons. The molecule has 3 aromatic rings. The van der Waals surface area contributed by atoms with Gasteiger partial charge in [0, 0.05) is 18.3 Å². The van der Waals surface area contributed by atoms with Gasteiger partial charge in [-0.15, -0.1) is 0 Å². The van der Waals surface area contributed by atoms with Crippen LogP contribution in [0, 0.1) is 0 Å². The molecule has 38 heavy (non-hydrogen) atoms. The van der Waals surface area contributed by atoms with Crippen LogP contribution in [0.4, 0.5) is 10.5 Å². The molecule has 1 saturated carbocycles. The molecule has 2 amide bonds. The summed E-state index contributed by atoms with van der Waals surface area (Å²) in [7, 11) is 0. The highest BCUT2D eigenvalue weighted by molar-refractivity contribution is 5.91. The summed E-state index contributed by atoms with van der Waals surface area (Å²) in [5.74, 6) is 1.30. The molecule has 0 atom stereocenters. The number of carbonyl (C=O) groups excluding carboxylic acids is 1. The number of carbonyl (C=O) groups is 1. The molecule has 0 radical (unpaired) electrons. The van der Waals surface area contributed by atoms with E-state index in [0.29, 0.717) is 23.8 Å². The highest BCUT2D eigenvalue weighted by Gasteiger charge is 2.30. The Morgan fingerprint density at radius 1 is 0.763 bits per heavy atom. The quantitative estimate of drug-likeness (QED) is 0.271. The molecule has 1 aliphatic carbocycles. The number of hydrogen-bond donors (Lipinski definition) is 1. The van der Waals surface area contributed by atoms with Crippen molar-refractivity contribution < 1.29 is 4.79 Å². The van der Waals surface area contributed by atoms with Gasteiger partial charge in [-0.05, 0) is 85.0 Å². The third kappa shape index (κ3) is 7.28. The Morgan fingerprint density at radius 3 is 1.92 bits per heavy atom. The van der Waals surface area contributed by atoms with E-state index >= 15 is 0 Å². The number of amides is 2. The Bertz CT molecular complexity index is 1100. The van der Waals surface area contributed by atoms with Gasteiger partial charge >= 0.3 is 6.03 Å². The summed E-state index contributed by atoms with van der Waals surface area (Å²) in [5.41, 5.74) is 6.29. The lowest BCUT2D eigenvalue weighted by molar-refractivity contribution is 0.161. The van der Waals surface area contributed by atoms with Gasteiger partial charge < -0.3 is 10.2 Å². The van der Waals surface area contributed by atoms with E-state index in [0.717, 1.165) is 57.2 Å².